The highest BCUT2D eigenvalue weighted by atomic mass is 32.1. The van der Waals surface area contributed by atoms with E-state index in [4.69, 9.17) is 9.47 Å². The van der Waals surface area contributed by atoms with E-state index in [0.29, 0.717) is 30.2 Å². The van der Waals surface area contributed by atoms with E-state index in [0.717, 1.165) is 4.88 Å². The van der Waals surface area contributed by atoms with Gasteiger partial charge in [0, 0.05) is 11.4 Å². The van der Waals surface area contributed by atoms with Crippen molar-refractivity contribution in [3.63, 3.8) is 0 Å². The number of carbonyl (C=O) groups excluding carboxylic acids is 1. The topological polar surface area (TPSA) is 38.8 Å². The van der Waals surface area contributed by atoms with Crippen molar-refractivity contribution < 1.29 is 14.3 Å². The minimum absolute atomic E-state index is 0.107. The van der Waals surface area contributed by atoms with E-state index >= 15 is 0 Å². The minimum Gasteiger partial charge on any atom is -0.497 e. The van der Waals surface area contributed by atoms with Crippen molar-refractivity contribution in [2.75, 3.05) is 20.8 Å². The Morgan fingerprint density at radius 2 is 2.14 bits per heavy atom. The summed E-state index contributed by atoms with van der Waals surface area (Å²) in [6, 6.07) is 9.20. The lowest BCUT2D eigenvalue weighted by molar-refractivity contribution is 0.0760. The van der Waals surface area contributed by atoms with Crippen LogP contribution in [0.5, 0.6) is 11.5 Å². The number of ether oxygens (including phenoxy) is 2. The number of amides is 1. The molecule has 5 heteroatoms. The van der Waals surface area contributed by atoms with Crippen LogP contribution in [-0.2, 0) is 6.54 Å². The van der Waals surface area contributed by atoms with Crippen molar-refractivity contribution in [2.45, 2.75) is 6.54 Å². The first-order valence-electron chi connectivity index (χ1n) is 6.84. The van der Waals surface area contributed by atoms with E-state index in [2.05, 4.69) is 6.58 Å². The van der Waals surface area contributed by atoms with Gasteiger partial charge in [0.15, 0.2) is 0 Å². The summed E-state index contributed by atoms with van der Waals surface area (Å²) in [6.45, 7) is 4.75. The molecule has 0 atom stereocenters. The second-order valence-corrected chi connectivity index (χ2v) is 5.65. The molecule has 1 aromatic heterocycles. The Hall–Kier alpha value is -2.27. The Morgan fingerprint density at radius 1 is 1.32 bits per heavy atom. The maximum atomic E-state index is 12.9. The predicted molar refractivity (Wildman–Crippen MR) is 88.8 cm³/mol. The first-order valence-corrected chi connectivity index (χ1v) is 7.72. The van der Waals surface area contributed by atoms with Gasteiger partial charge >= 0.3 is 0 Å². The van der Waals surface area contributed by atoms with Gasteiger partial charge in [-0.3, -0.25) is 4.79 Å². The molecule has 1 aromatic carbocycles. The third-order valence-electron chi connectivity index (χ3n) is 3.20. The zero-order valence-corrected chi connectivity index (χ0v) is 13.6. The normalized spacial score (nSPS) is 10.1. The quantitative estimate of drug-likeness (QED) is 0.733. The van der Waals surface area contributed by atoms with E-state index in [1.165, 1.54) is 0 Å². The van der Waals surface area contributed by atoms with E-state index in [1.54, 1.807) is 54.7 Å². The van der Waals surface area contributed by atoms with Crippen molar-refractivity contribution in [3.8, 4) is 11.5 Å². The zero-order valence-electron chi connectivity index (χ0n) is 12.7. The Kier molecular flexibility index (Phi) is 5.61. The number of hydrogen-bond donors (Lipinski definition) is 0. The van der Waals surface area contributed by atoms with Crippen molar-refractivity contribution >= 4 is 17.2 Å². The molecule has 116 valence electrons. The minimum atomic E-state index is -0.107. The van der Waals surface area contributed by atoms with Crippen LogP contribution >= 0.6 is 11.3 Å². The lowest BCUT2D eigenvalue weighted by Crippen LogP contribution is -2.30. The Morgan fingerprint density at radius 3 is 2.73 bits per heavy atom. The van der Waals surface area contributed by atoms with Gasteiger partial charge in [-0.1, -0.05) is 12.1 Å². The molecular formula is C17H19NO3S. The second-order valence-electron chi connectivity index (χ2n) is 4.62. The number of methoxy groups -OCH3 is 2. The van der Waals surface area contributed by atoms with Crippen molar-refractivity contribution in [1.82, 2.24) is 4.90 Å². The number of nitrogens with zero attached hydrogens (tertiary/aromatic N) is 1. The van der Waals surface area contributed by atoms with Gasteiger partial charge in [0.05, 0.1) is 26.3 Å². The maximum Gasteiger partial charge on any atom is 0.258 e. The van der Waals surface area contributed by atoms with E-state index in [-0.39, 0.29) is 5.91 Å². The third-order valence-corrected chi connectivity index (χ3v) is 4.06. The summed E-state index contributed by atoms with van der Waals surface area (Å²) in [5, 5.41) is 2.00. The van der Waals surface area contributed by atoms with Gasteiger partial charge < -0.3 is 14.4 Å². The van der Waals surface area contributed by atoms with Crippen molar-refractivity contribution in [1.29, 1.82) is 0 Å². The molecule has 2 rings (SSSR count). The fourth-order valence-electron chi connectivity index (χ4n) is 2.12. The average Bonchev–Trinajstić information content (AvgIpc) is 3.06. The van der Waals surface area contributed by atoms with E-state index < -0.39 is 0 Å². The fraction of sp³-hybridized carbons (Fsp3) is 0.235. The molecule has 0 unspecified atom stereocenters. The third kappa shape index (κ3) is 3.68. The summed E-state index contributed by atoms with van der Waals surface area (Å²) in [5.41, 5.74) is 0.486. The van der Waals surface area contributed by atoms with E-state index in [9.17, 15) is 4.79 Å². The molecule has 0 saturated heterocycles. The zero-order chi connectivity index (χ0) is 15.9. The van der Waals surface area contributed by atoms with Gasteiger partial charge in [-0.25, -0.2) is 0 Å². The molecule has 0 N–H and O–H groups in total. The lowest BCUT2D eigenvalue weighted by atomic mass is 10.1. The highest BCUT2D eigenvalue weighted by Gasteiger charge is 2.20. The largest absolute Gasteiger partial charge is 0.497 e. The smallest absolute Gasteiger partial charge is 0.258 e. The summed E-state index contributed by atoms with van der Waals surface area (Å²) in [6.07, 6.45) is 1.72. The summed E-state index contributed by atoms with van der Waals surface area (Å²) in [7, 11) is 3.12. The van der Waals surface area contributed by atoms with Crippen LogP contribution in [0.25, 0.3) is 0 Å². The highest BCUT2D eigenvalue weighted by molar-refractivity contribution is 7.09. The average molecular weight is 317 g/mol. The van der Waals surface area contributed by atoms with Crippen LogP contribution in [0.3, 0.4) is 0 Å². The Bertz CT molecular complexity index is 637. The van der Waals surface area contributed by atoms with Crippen LogP contribution < -0.4 is 9.47 Å². The van der Waals surface area contributed by atoms with E-state index in [1.807, 2.05) is 17.5 Å². The molecule has 1 heterocycles. The standard InChI is InChI=1S/C17H19NO3S/c1-4-9-18(12-14-6-5-10-22-14)17(19)15-11-13(20-2)7-8-16(15)21-3/h4-8,10-11H,1,9,12H2,2-3H3. The number of benzene rings is 1. The predicted octanol–water partition coefficient (Wildman–Crippen LogP) is 3.59. The van der Waals surface area contributed by atoms with Gasteiger partial charge in [-0.15, -0.1) is 17.9 Å². The maximum absolute atomic E-state index is 12.9. The molecule has 0 saturated carbocycles. The van der Waals surface area contributed by atoms with Gasteiger partial charge in [-0.05, 0) is 29.6 Å². The number of rotatable bonds is 7. The molecular weight excluding hydrogens is 298 g/mol. The Labute approximate surface area is 134 Å². The number of carbonyl (C=O) groups is 1. The molecule has 0 aliphatic carbocycles. The molecule has 0 spiro atoms. The first-order chi connectivity index (χ1) is 10.7. The monoisotopic (exact) mass is 317 g/mol. The molecule has 2 aromatic rings. The molecule has 0 aliphatic rings. The molecule has 4 nitrogen and oxygen atoms in total. The SMILES string of the molecule is C=CCN(Cc1cccs1)C(=O)c1cc(OC)ccc1OC. The van der Waals surface area contributed by atoms with Crippen LogP contribution in [-0.4, -0.2) is 31.6 Å². The van der Waals surface area contributed by atoms with Crippen LogP contribution in [0.4, 0.5) is 0 Å². The number of thiophene rings is 1. The molecule has 0 radical (unpaired) electrons. The van der Waals surface area contributed by atoms with Gasteiger partial charge in [0.1, 0.15) is 11.5 Å². The first kappa shape index (κ1) is 16.1. The fourth-order valence-corrected chi connectivity index (χ4v) is 2.84. The summed E-state index contributed by atoms with van der Waals surface area (Å²) in [5.74, 6) is 1.05. The van der Waals surface area contributed by atoms with Gasteiger partial charge in [-0.2, -0.15) is 0 Å². The summed E-state index contributed by atoms with van der Waals surface area (Å²) < 4.78 is 10.5. The Balaban J connectivity index is 2.31. The van der Waals surface area contributed by atoms with Gasteiger partial charge in [0.25, 0.3) is 5.91 Å². The summed E-state index contributed by atoms with van der Waals surface area (Å²) in [4.78, 5) is 15.7. The molecule has 0 fully saturated rings. The van der Waals surface area contributed by atoms with Gasteiger partial charge in [0.2, 0.25) is 0 Å². The van der Waals surface area contributed by atoms with Crippen molar-refractivity contribution in [2.24, 2.45) is 0 Å². The van der Waals surface area contributed by atoms with Crippen LogP contribution in [0, 0.1) is 0 Å². The molecule has 0 bridgehead atoms. The van der Waals surface area contributed by atoms with Crippen molar-refractivity contribution in [3.05, 3.63) is 58.8 Å². The second kappa shape index (κ2) is 7.66. The molecule has 0 aliphatic heterocycles. The van der Waals surface area contributed by atoms with Crippen LogP contribution in [0.15, 0.2) is 48.4 Å². The molecule has 1 amide bonds. The van der Waals surface area contributed by atoms with Crippen LogP contribution in [0.2, 0.25) is 0 Å². The number of hydrogen-bond acceptors (Lipinski definition) is 4. The highest BCUT2D eigenvalue weighted by Crippen LogP contribution is 2.26. The lowest BCUT2D eigenvalue weighted by Gasteiger charge is -2.22. The van der Waals surface area contributed by atoms with Crippen LogP contribution in [0.1, 0.15) is 15.2 Å². The molecule has 22 heavy (non-hydrogen) atoms. The summed E-state index contributed by atoms with van der Waals surface area (Å²) >= 11 is 1.62.